The third kappa shape index (κ3) is 10.9. The van der Waals surface area contributed by atoms with Gasteiger partial charge in [0.25, 0.3) is 0 Å². The van der Waals surface area contributed by atoms with E-state index in [-0.39, 0.29) is 0 Å². The van der Waals surface area contributed by atoms with Crippen LogP contribution in [0.5, 0.6) is 0 Å². The quantitative estimate of drug-likeness (QED) is 0.409. The first-order valence-corrected chi connectivity index (χ1v) is 7.82. The van der Waals surface area contributed by atoms with Crippen LogP contribution in [0, 0.1) is 0 Å². The van der Waals surface area contributed by atoms with E-state index in [1.54, 1.807) is 0 Å². The monoisotopic (exact) mass is 227 g/mol. The van der Waals surface area contributed by atoms with Gasteiger partial charge in [-0.2, -0.15) is 12.6 Å². The van der Waals surface area contributed by atoms with E-state index < -0.39 is 6.49 Å². The van der Waals surface area contributed by atoms with Crippen molar-refractivity contribution in [3.8, 4) is 0 Å². The zero-order valence-electron chi connectivity index (χ0n) is 7.36. The van der Waals surface area contributed by atoms with Gasteiger partial charge in [-0.15, -0.1) is 0 Å². The summed E-state index contributed by atoms with van der Waals surface area (Å²) in [5.74, 6) is 0.939. The number of rotatable bonds is 7. The Hall–Kier alpha value is 0.920. The number of unbranched alkanes of at least 4 members (excludes halogenated alkanes) is 3. The Morgan fingerprint density at radius 3 is 2.42 bits per heavy atom. The molecule has 0 N–H and O–H groups in total. The van der Waals surface area contributed by atoms with Gasteiger partial charge in [-0.1, -0.05) is 24.6 Å². The van der Waals surface area contributed by atoms with E-state index in [1.807, 2.05) is 0 Å². The summed E-state index contributed by atoms with van der Waals surface area (Å²) in [6, 6.07) is 0. The number of hydrogen-bond donors (Lipinski definition) is 1. The second-order valence-corrected chi connectivity index (χ2v) is 6.98. The summed E-state index contributed by atoms with van der Waals surface area (Å²) < 4.78 is 4.96. The fraction of sp³-hybridized carbons (Fsp3) is 1.00. The van der Waals surface area contributed by atoms with E-state index in [0.717, 1.165) is 31.4 Å². The Morgan fingerprint density at radius 1 is 1.33 bits per heavy atom. The molecule has 0 saturated heterocycles. The predicted molar refractivity (Wildman–Crippen MR) is 58.5 cm³/mol. The lowest BCUT2D eigenvalue weighted by atomic mass is 10.2. The van der Waals surface area contributed by atoms with Crippen LogP contribution in [-0.2, 0) is 16.3 Å². The molecule has 0 saturated carbocycles. The van der Waals surface area contributed by atoms with Crippen molar-refractivity contribution < 1.29 is 9.42 Å². The van der Waals surface area contributed by atoms with E-state index in [9.17, 15) is 4.89 Å². The smallest absolute Gasteiger partial charge is 0.0502 e. The maximum Gasteiger partial charge on any atom is 0.0502 e. The van der Waals surface area contributed by atoms with Crippen LogP contribution in [0.15, 0.2) is 0 Å². The second kappa shape index (κ2) is 7.34. The third-order valence-corrected chi connectivity index (χ3v) is 2.66. The SMILES string of the molecule is CP([O-])(=S)OCCCCCCS. The molecule has 0 heterocycles. The minimum atomic E-state index is -2.65. The van der Waals surface area contributed by atoms with Crippen molar-refractivity contribution >= 4 is 30.9 Å². The summed E-state index contributed by atoms with van der Waals surface area (Å²) in [4.78, 5) is 10.9. The van der Waals surface area contributed by atoms with E-state index in [0.29, 0.717) is 6.61 Å². The molecule has 5 heteroatoms. The fourth-order valence-electron chi connectivity index (χ4n) is 0.798. The molecule has 2 nitrogen and oxygen atoms in total. The molecule has 0 aromatic heterocycles. The van der Waals surface area contributed by atoms with E-state index >= 15 is 0 Å². The Bertz CT molecular complexity index is 146. The fourth-order valence-corrected chi connectivity index (χ4v) is 1.71. The molecule has 0 aliphatic carbocycles. The molecule has 0 aliphatic heterocycles. The van der Waals surface area contributed by atoms with Gasteiger partial charge in [0.1, 0.15) is 0 Å². The van der Waals surface area contributed by atoms with Crippen LogP contribution < -0.4 is 4.89 Å². The largest absolute Gasteiger partial charge is 0.801 e. The molecular formula is C7H16O2PS2-. The molecular weight excluding hydrogens is 211 g/mol. The normalized spacial score (nSPS) is 15.9. The molecule has 0 aromatic rings. The Morgan fingerprint density at radius 2 is 1.92 bits per heavy atom. The third-order valence-electron chi connectivity index (χ3n) is 1.38. The van der Waals surface area contributed by atoms with E-state index in [4.69, 9.17) is 4.52 Å². The average molecular weight is 227 g/mol. The molecule has 1 unspecified atom stereocenters. The van der Waals surface area contributed by atoms with Crippen molar-refractivity contribution in [2.45, 2.75) is 25.7 Å². The second-order valence-electron chi connectivity index (χ2n) is 2.74. The Labute approximate surface area is 85.3 Å². The standard InChI is InChI=1S/C7H17O2PS2/c1-10(8,12)9-6-4-2-3-5-7-11/h11H,2-7H2,1H3,(H,8,12)/p-1. The summed E-state index contributed by atoms with van der Waals surface area (Å²) in [6.07, 6.45) is 4.36. The summed E-state index contributed by atoms with van der Waals surface area (Å²) in [6.45, 7) is -0.653. The average Bonchev–Trinajstić information content (AvgIpc) is 1.94. The van der Waals surface area contributed by atoms with Gasteiger partial charge >= 0.3 is 0 Å². The van der Waals surface area contributed by atoms with Crippen LogP contribution in [-0.4, -0.2) is 19.0 Å². The first kappa shape index (κ1) is 12.9. The highest BCUT2D eigenvalue weighted by Gasteiger charge is 1.93. The molecule has 0 aliphatic rings. The van der Waals surface area contributed by atoms with Crippen LogP contribution in [0.4, 0.5) is 0 Å². The lowest BCUT2D eigenvalue weighted by molar-refractivity contribution is -0.180. The van der Waals surface area contributed by atoms with Crippen LogP contribution >= 0.6 is 19.1 Å². The number of thiol groups is 1. The first-order chi connectivity index (χ1) is 5.56. The van der Waals surface area contributed by atoms with E-state index in [1.165, 1.54) is 6.66 Å². The lowest BCUT2D eigenvalue weighted by Crippen LogP contribution is -2.03. The highest BCUT2D eigenvalue weighted by molar-refractivity contribution is 8.08. The van der Waals surface area contributed by atoms with Gasteiger partial charge in [0, 0.05) is 0 Å². The lowest BCUT2D eigenvalue weighted by Gasteiger charge is -2.22. The summed E-state index contributed by atoms with van der Waals surface area (Å²) >= 11 is 8.71. The molecule has 0 bridgehead atoms. The van der Waals surface area contributed by atoms with Crippen molar-refractivity contribution in [3.05, 3.63) is 0 Å². The van der Waals surface area contributed by atoms with Gasteiger partial charge in [-0.25, -0.2) is 0 Å². The van der Waals surface area contributed by atoms with Crippen LogP contribution in [0.2, 0.25) is 0 Å². The van der Waals surface area contributed by atoms with Crippen molar-refractivity contribution in [3.63, 3.8) is 0 Å². The zero-order chi connectivity index (χ0) is 9.45. The van der Waals surface area contributed by atoms with Crippen molar-refractivity contribution in [2.75, 3.05) is 19.0 Å². The maximum atomic E-state index is 10.9. The topological polar surface area (TPSA) is 32.3 Å². The Kier molecular flexibility index (Phi) is 7.90. The molecule has 1 atom stereocenters. The molecule has 0 spiro atoms. The van der Waals surface area contributed by atoms with Crippen LogP contribution in [0.25, 0.3) is 0 Å². The highest BCUT2D eigenvalue weighted by Crippen LogP contribution is 2.31. The molecule has 74 valence electrons. The highest BCUT2D eigenvalue weighted by atomic mass is 32.5. The minimum Gasteiger partial charge on any atom is -0.801 e. The van der Waals surface area contributed by atoms with Gasteiger partial charge in [-0.05, 0) is 31.8 Å². The molecule has 0 amide bonds. The Balaban J connectivity index is 3.06. The van der Waals surface area contributed by atoms with Crippen LogP contribution in [0.1, 0.15) is 25.7 Å². The molecule has 0 aromatic carbocycles. The van der Waals surface area contributed by atoms with Crippen molar-refractivity contribution in [1.29, 1.82) is 0 Å². The zero-order valence-corrected chi connectivity index (χ0v) is 9.97. The maximum absolute atomic E-state index is 10.9. The number of hydrogen-bond acceptors (Lipinski definition) is 4. The molecule has 0 rings (SSSR count). The predicted octanol–water partition coefficient (Wildman–Crippen LogP) is 1.79. The van der Waals surface area contributed by atoms with E-state index in [2.05, 4.69) is 24.4 Å². The molecule has 12 heavy (non-hydrogen) atoms. The molecule has 0 radical (unpaired) electrons. The van der Waals surface area contributed by atoms with Gasteiger partial charge in [-0.3, -0.25) is 0 Å². The first-order valence-electron chi connectivity index (χ1n) is 4.10. The minimum absolute atomic E-state index is 0.532. The molecule has 0 fully saturated rings. The van der Waals surface area contributed by atoms with Gasteiger partial charge in [0.15, 0.2) is 0 Å². The van der Waals surface area contributed by atoms with Gasteiger partial charge < -0.3 is 9.42 Å². The summed E-state index contributed by atoms with van der Waals surface area (Å²) in [7, 11) is 0. The van der Waals surface area contributed by atoms with Gasteiger partial charge in [0.05, 0.1) is 6.61 Å². The van der Waals surface area contributed by atoms with Crippen molar-refractivity contribution in [1.82, 2.24) is 0 Å². The summed E-state index contributed by atoms with van der Waals surface area (Å²) in [5.41, 5.74) is 0. The van der Waals surface area contributed by atoms with Gasteiger partial charge in [0.2, 0.25) is 0 Å². The van der Waals surface area contributed by atoms with Crippen LogP contribution in [0.3, 0.4) is 0 Å². The summed E-state index contributed by atoms with van der Waals surface area (Å²) in [5, 5.41) is 0. The van der Waals surface area contributed by atoms with Crippen molar-refractivity contribution in [2.24, 2.45) is 0 Å².